The highest BCUT2D eigenvalue weighted by molar-refractivity contribution is 5.95. The molecule has 134 valence electrons. The fourth-order valence-electron chi connectivity index (χ4n) is 3.74. The van der Waals surface area contributed by atoms with Gasteiger partial charge in [0, 0.05) is 31.8 Å². The molecule has 3 fully saturated rings. The molecule has 1 aliphatic carbocycles. The van der Waals surface area contributed by atoms with Crippen molar-refractivity contribution < 1.29 is 28.6 Å². The number of carboxylic acids is 1. The first-order valence-electron chi connectivity index (χ1n) is 8.54. The highest BCUT2D eigenvalue weighted by atomic mass is 16.5. The van der Waals surface area contributed by atoms with Gasteiger partial charge in [-0.05, 0) is 25.0 Å². The molecule has 1 aromatic rings. The van der Waals surface area contributed by atoms with Crippen molar-refractivity contribution in [1.82, 2.24) is 9.80 Å². The molecule has 1 N–H and O–H groups in total. The van der Waals surface area contributed by atoms with E-state index in [1.54, 1.807) is 11.0 Å². The molecule has 1 saturated carbocycles. The van der Waals surface area contributed by atoms with E-state index >= 15 is 0 Å². The van der Waals surface area contributed by atoms with Crippen molar-refractivity contribution in [2.75, 3.05) is 19.7 Å². The number of carboxylic acid groups (broad SMARTS) is 1. The van der Waals surface area contributed by atoms with Crippen LogP contribution in [0.15, 0.2) is 22.8 Å². The van der Waals surface area contributed by atoms with Gasteiger partial charge in [0.05, 0.1) is 12.9 Å². The van der Waals surface area contributed by atoms with Crippen LogP contribution in [0.25, 0.3) is 0 Å². The van der Waals surface area contributed by atoms with Gasteiger partial charge in [0.15, 0.2) is 11.8 Å². The molecule has 3 aliphatic rings. The fraction of sp³-hybridized carbons (Fsp3) is 0.588. The van der Waals surface area contributed by atoms with Gasteiger partial charge < -0.3 is 19.2 Å². The number of nitrogens with zero attached hydrogens (tertiary/aromatic N) is 2. The predicted octanol–water partition coefficient (Wildman–Crippen LogP) is 0.934. The SMILES string of the molecule is O=C(O)C1COC2(CCN(C(=O)C3CC3)CC2)N1C(=O)c1ccco1. The minimum Gasteiger partial charge on any atom is -0.480 e. The zero-order chi connectivity index (χ0) is 17.6. The molecule has 8 heteroatoms. The molecular formula is C17H20N2O6. The molecule has 0 bridgehead atoms. The van der Waals surface area contributed by atoms with Gasteiger partial charge in [0.1, 0.15) is 5.72 Å². The Kier molecular flexibility index (Phi) is 3.79. The molecule has 1 unspecified atom stereocenters. The zero-order valence-electron chi connectivity index (χ0n) is 13.7. The smallest absolute Gasteiger partial charge is 0.328 e. The largest absolute Gasteiger partial charge is 0.480 e. The molecule has 8 nitrogen and oxygen atoms in total. The number of likely N-dealkylation sites (tertiary alicyclic amines) is 1. The molecule has 0 radical (unpaired) electrons. The van der Waals surface area contributed by atoms with Crippen molar-refractivity contribution in [3.63, 3.8) is 0 Å². The monoisotopic (exact) mass is 348 g/mol. The van der Waals surface area contributed by atoms with Gasteiger partial charge in [-0.25, -0.2) is 4.79 Å². The van der Waals surface area contributed by atoms with E-state index < -0.39 is 23.6 Å². The first kappa shape index (κ1) is 16.1. The zero-order valence-corrected chi connectivity index (χ0v) is 13.7. The minimum atomic E-state index is -1.10. The normalized spacial score (nSPS) is 25.4. The van der Waals surface area contributed by atoms with E-state index in [0.717, 1.165) is 12.8 Å². The Labute approximate surface area is 144 Å². The van der Waals surface area contributed by atoms with E-state index in [9.17, 15) is 19.5 Å². The third-order valence-electron chi connectivity index (χ3n) is 5.28. The standard InChI is InChI=1S/C17H20N2O6/c20-14(11-3-4-11)18-7-5-17(6-8-18)19(12(10-25-17)16(22)23)15(21)13-2-1-9-24-13/h1-2,9,11-12H,3-8,10H2,(H,22,23). The average molecular weight is 348 g/mol. The van der Waals surface area contributed by atoms with Gasteiger partial charge in [-0.15, -0.1) is 0 Å². The van der Waals surface area contributed by atoms with Crippen LogP contribution < -0.4 is 0 Å². The van der Waals surface area contributed by atoms with E-state index in [2.05, 4.69) is 0 Å². The lowest BCUT2D eigenvalue weighted by Gasteiger charge is -2.44. The molecular weight excluding hydrogens is 328 g/mol. The molecule has 2 amide bonds. The molecule has 0 aromatic carbocycles. The van der Waals surface area contributed by atoms with Crippen LogP contribution in [0.4, 0.5) is 0 Å². The van der Waals surface area contributed by atoms with E-state index in [0.29, 0.717) is 25.9 Å². The number of carbonyl (C=O) groups excluding carboxylic acids is 2. The number of ether oxygens (including phenoxy) is 1. The van der Waals surface area contributed by atoms with Gasteiger partial charge in [-0.2, -0.15) is 0 Å². The minimum absolute atomic E-state index is 0.0572. The number of furan rings is 1. The lowest BCUT2D eigenvalue weighted by atomic mass is 9.97. The first-order valence-corrected chi connectivity index (χ1v) is 8.54. The maximum Gasteiger partial charge on any atom is 0.328 e. The topological polar surface area (TPSA) is 100 Å². The van der Waals surface area contributed by atoms with Crippen molar-refractivity contribution in [1.29, 1.82) is 0 Å². The third kappa shape index (κ3) is 2.70. The van der Waals surface area contributed by atoms with Crippen molar-refractivity contribution in [3.05, 3.63) is 24.2 Å². The summed E-state index contributed by atoms with van der Waals surface area (Å²) in [5.74, 6) is -1.20. The molecule has 1 aromatic heterocycles. The van der Waals surface area contributed by atoms with E-state index in [1.165, 1.54) is 17.2 Å². The van der Waals surface area contributed by atoms with Crippen LogP contribution in [0.3, 0.4) is 0 Å². The van der Waals surface area contributed by atoms with Crippen molar-refractivity contribution in [2.45, 2.75) is 37.5 Å². The first-order chi connectivity index (χ1) is 12.0. The number of amides is 2. The number of aliphatic carboxylic acids is 1. The second-order valence-corrected chi connectivity index (χ2v) is 6.86. The van der Waals surface area contributed by atoms with E-state index in [4.69, 9.17) is 9.15 Å². The fourth-order valence-corrected chi connectivity index (χ4v) is 3.74. The summed E-state index contributed by atoms with van der Waals surface area (Å²) >= 11 is 0. The summed E-state index contributed by atoms with van der Waals surface area (Å²) in [6.45, 7) is 0.867. The number of carbonyl (C=O) groups is 3. The van der Waals surface area contributed by atoms with E-state index in [1.807, 2.05) is 0 Å². The maximum absolute atomic E-state index is 12.8. The summed E-state index contributed by atoms with van der Waals surface area (Å²) in [5.41, 5.74) is -0.993. The Hall–Kier alpha value is -2.35. The second kappa shape index (κ2) is 5.87. The van der Waals surface area contributed by atoms with Crippen LogP contribution in [0.2, 0.25) is 0 Å². The molecule has 2 saturated heterocycles. The highest BCUT2D eigenvalue weighted by Crippen LogP contribution is 2.40. The molecule has 2 aliphatic heterocycles. The Balaban J connectivity index is 1.56. The van der Waals surface area contributed by atoms with Gasteiger partial charge in [0.25, 0.3) is 5.91 Å². The number of rotatable bonds is 3. The van der Waals surface area contributed by atoms with Crippen LogP contribution in [0.1, 0.15) is 36.2 Å². The van der Waals surface area contributed by atoms with Crippen LogP contribution >= 0.6 is 0 Å². The molecule has 3 heterocycles. The summed E-state index contributed by atoms with van der Waals surface area (Å²) in [6.07, 6.45) is 4.08. The number of hydrogen-bond donors (Lipinski definition) is 1. The lowest BCUT2D eigenvalue weighted by Crippen LogP contribution is -2.58. The predicted molar refractivity (Wildman–Crippen MR) is 83.5 cm³/mol. The Morgan fingerprint density at radius 1 is 1.20 bits per heavy atom. The Morgan fingerprint density at radius 3 is 2.48 bits per heavy atom. The van der Waals surface area contributed by atoms with Gasteiger partial charge in [0.2, 0.25) is 5.91 Å². The van der Waals surface area contributed by atoms with Gasteiger partial charge in [-0.1, -0.05) is 0 Å². The van der Waals surface area contributed by atoms with Crippen molar-refractivity contribution in [3.8, 4) is 0 Å². The molecule has 1 atom stereocenters. The summed E-state index contributed by atoms with van der Waals surface area (Å²) in [4.78, 5) is 39.8. The van der Waals surface area contributed by atoms with Gasteiger partial charge in [-0.3, -0.25) is 14.5 Å². The van der Waals surface area contributed by atoms with Crippen LogP contribution in [-0.2, 0) is 14.3 Å². The molecule has 4 rings (SSSR count). The maximum atomic E-state index is 12.8. The van der Waals surface area contributed by atoms with Crippen LogP contribution in [-0.4, -0.2) is 64.2 Å². The summed E-state index contributed by atoms with van der Waals surface area (Å²) in [6, 6.07) is 2.05. The summed E-state index contributed by atoms with van der Waals surface area (Å²) in [7, 11) is 0. The van der Waals surface area contributed by atoms with Crippen LogP contribution in [0.5, 0.6) is 0 Å². The van der Waals surface area contributed by atoms with Crippen molar-refractivity contribution >= 4 is 17.8 Å². The Bertz CT molecular complexity index is 688. The number of piperidine rings is 1. The average Bonchev–Trinajstić information content (AvgIpc) is 3.18. The second-order valence-electron chi connectivity index (χ2n) is 6.86. The summed E-state index contributed by atoms with van der Waals surface area (Å²) in [5, 5.41) is 9.50. The van der Waals surface area contributed by atoms with Crippen molar-refractivity contribution in [2.24, 2.45) is 5.92 Å². The van der Waals surface area contributed by atoms with E-state index in [-0.39, 0.29) is 24.2 Å². The van der Waals surface area contributed by atoms with Crippen LogP contribution in [0, 0.1) is 5.92 Å². The van der Waals surface area contributed by atoms with Gasteiger partial charge >= 0.3 is 5.97 Å². The third-order valence-corrected chi connectivity index (χ3v) is 5.28. The summed E-state index contributed by atoms with van der Waals surface area (Å²) < 4.78 is 11.0. The highest BCUT2D eigenvalue weighted by Gasteiger charge is 2.55. The quantitative estimate of drug-likeness (QED) is 0.872. The Morgan fingerprint density at radius 2 is 1.92 bits per heavy atom. The number of hydrogen-bond acceptors (Lipinski definition) is 5. The lowest BCUT2D eigenvalue weighted by molar-refractivity contribution is -0.148. The molecule has 1 spiro atoms. The molecule has 25 heavy (non-hydrogen) atoms.